The topological polar surface area (TPSA) is 83.5 Å². The molecule has 7 rings (SSSR count). The van der Waals surface area contributed by atoms with Crippen LogP contribution in [0.15, 0.2) is 67.3 Å². The molecule has 44 heavy (non-hydrogen) atoms. The minimum atomic E-state index is -4.52. The van der Waals surface area contributed by atoms with Gasteiger partial charge in [0.25, 0.3) is 0 Å². The van der Waals surface area contributed by atoms with Crippen LogP contribution in [-0.2, 0) is 6.18 Å². The van der Waals surface area contributed by atoms with Gasteiger partial charge in [-0.3, -0.25) is 0 Å². The van der Waals surface area contributed by atoms with Crippen LogP contribution in [0.4, 0.5) is 13.2 Å². The van der Waals surface area contributed by atoms with Crippen LogP contribution in [0.5, 0.6) is 5.88 Å². The van der Waals surface area contributed by atoms with E-state index in [1.165, 1.54) is 6.33 Å². The van der Waals surface area contributed by atoms with Crippen LogP contribution in [-0.4, -0.2) is 41.2 Å². The highest BCUT2D eigenvalue weighted by Gasteiger charge is 2.35. The fourth-order valence-electron chi connectivity index (χ4n) is 5.90. The molecule has 2 aromatic carbocycles. The number of rotatable bonds is 7. The lowest BCUT2D eigenvalue weighted by molar-refractivity contribution is -0.140. The molecule has 0 radical (unpaired) electrons. The van der Waals surface area contributed by atoms with Gasteiger partial charge in [-0.2, -0.15) is 13.2 Å². The summed E-state index contributed by atoms with van der Waals surface area (Å²) in [6.07, 6.45) is 2.03. The van der Waals surface area contributed by atoms with E-state index in [4.69, 9.17) is 14.7 Å². The van der Waals surface area contributed by atoms with Gasteiger partial charge in [0.1, 0.15) is 23.4 Å². The van der Waals surface area contributed by atoms with Gasteiger partial charge in [-0.25, -0.2) is 24.9 Å². The molecule has 1 aliphatic rings. The first kappa shape index (κ1) is 28.0. The van der Waals surface area contributed by atoms with Crippen molar-refractivity contribution < 1.29 is 17.9 Å². The van der Waals surface area contributed by atoms with Crippen molar-refractivity contribution >= 4 is 21.9 Å². The molecule has 4 aromatic heterocycles. The lowest BCUT2D eigenvalue weighted by atomic mass is 10.1. The summed E-state index contributed by atoms with van der Waals surface area (Å²) in [5, 5.41) is 1.94. The Morgan fingerprint density at radius 2 is 1.66 bits per heavy atom. The zero-order valence-corrected chi connectivity index (χ0v) is 24.7. The predicted molar refractivity (Wildman–Crippen MR) is 161 cm³/mol. The second-order valence-corrected chi connectivity index (χ2v) is 11.5. The summed E-state index contributed by atoms with van der Waals surface area (Å²) >= 11 is 0. The van der Waals surface area contributed by atoms with E-state index in [0.29, 0.717) is 28.7 Å². The first-order chi connectivity index (χ1) is 21.2. The van der Waals surface area contributed by atoms with Crippen molar-refractivity contribution in [1.29, 1.82) is 0 Å². The Morgan fingerprint density at radius 1 is 0.909 bits per heavy atom. The SMILES string of the molecule is COc1ncnc(C2CC2)c1-c1ncc2c3ccccc3n([C@H](C)c3ccc(-c4nc(C(F)(F)F)cn4C(C)C)cc3)c2n1. The minimum Gasteiger partial charge on any atom is -0.480 e. The third-order valence-electron chi connectivity index (χ3n) is 8.29. The molecule has 224 valence electrons. The van der Waals surface area contributed by atoms with Crippen molar-refractivity contribution in [2.45, 2.75) is 57.8 Å². The monoisotopic (exact) mass is 597 g/mol. The van der Waals surface area contributed by atoms with Gasteiger partial charge >= 0.3 is 6.18 Å². The summed E-state index contributed by atoms with van der Waals surface area (Å²) in [6, 6.07) is 15.3. The van der Waals surface area contributed by atoms with Crippen molar-refractivity contribution in [3.05, 3.63) is 84.2 Å². The molecule has 0 spiro atoms. The summed E-state index contributed by atoms with van der Waals surface area (Å²) in [6.45, 7) is 5.76. The number of halogens is 3. The second kappa shape index (κ2) is 10.4. The number of aromatic nitrogens is 7. The first-order valence-electron chi connectivity index (χ1n) is 14.6. The third kappa shape index (κ3) is 4.67. The average molecular weight is 598 g/mol. The molecule has 6 aromatic rings. The summed E-state index contributed by atoms with van der Waals surface area (Å²) in [5.74, 6) is 1.57. The standard InChI is InChI=1S/C33H30F3N7O/c1-18(2)42-16-26(33(34,35)36)40-30(42)22-13-9-20(10-14-22)19(3)43-25-8-6-5-7-23(25)24-15-37-29(41-31(24)43)27-28(21-11-12-21)38-17-39-32(27)44-4/h5-10,13-19,21H,11-12H2,1-4H3/t19-/m1/s1. The molecule has 1 aliphatic carbocycles. The number of hydrogen-bond donors (Lipinski definition) is 0. The molecule has 4 heterocycles. The molecule has 0 unspecified atom stereocenters. The number of fused-ring (bicyclic) bond motifs is 3. The molecule has 1 atom stereocenters. The Kier molecular flexibility index (Phi) is 6.64. The van der Waals surface area contributed by atoms with E-state index in [0.717, 1.165) is 52.2 Å². The van der Waals surface area contributed by atoms with Gasteiger partial charge in [0, 0.05) is 40.7 Å². The molecule has 0 amide bonds. The fourth-order valence-corrected chi connectivity index (χ4v) is 5.90. The Balaban J connectivity index is 1.34. The van der Waals surface area contributed by atoms with Crippen LogP contribution < -0.4 is 4.74 Å². The number of para-hydroxylation sites is 1. The molecule has 1 saturated carbocycles. The molecule has 8 nitrogen and oxygen atoms in total. The zero-order chi connectivity index (χ0) is 30.7. The van der Waals surface area contributed by atoms with Crippen molar-refractivity contribution in [2.75, 3.05) is 7.11 Å². The Labute approximate surface area is 251 Å². The molecule has 0 aliphatic heterocycles. The van der Waals surface area contributed by atoms with Gasteiger partial charge in [-0.1, -0.05) is 42.5 Å². The first-order valence-corrected chi connectivity index (χ1v) is 14.6. The maximum Gasteiger partial charge on any atom is 0.434 e. The van der Waals surface area contributed by atoms with Crippen LogP contribution in [0.25, 0.3) is 44.7 Å². The van der Waals surface area contributed by atoms with E-state index in [9.17, 15) is 13.2 Å². The maximum atomic E-state index is 13.5. The minimum absolute atomic E-state index is 0.165. The van der Waals surface area contributed by atoms with Crippen LogP contribution in [0, 0.1) is 0 Å². The summed E-state index contributed by atoms with van der Waals surface area (Å²) in [4.78, 5) is 22.7. The molecule has 1 fully saturated rings. The lowest BCUT2D eigenvalue weighted by Crippen LogP contribution is -2.09. The van der Waals surface area contributed by atoms with E-state index in [-0.39, 0.29) is 17.9 Å². The Morgan fingerprint density at radius 3 is 2.34 bits per heavy atom. The number of alkyl halides is 3. The van der Waals surface area contributed by atoms with Gasteiger partial charge in [0.15, 0.2) is 11.5 Å². The van der Waals surface area contributed by atoms with Gasteiger partial charge in [-0.05, 0) is 45.2 Å². The largest absolute Gasteiger partial charge is 0.480 e. The Bertz CT molecular complexity index is 2010. The van der Waals surface area contributed by atoms with E-state index in [1.54, 1.807) is 11.7 Å². The summed E-state index contributed by atoms with van der Waals surface area (Å²) < 4.78 is 49.8. The summed E-state index contributed by atoms with van der Waals surface area (Å²) in [5.41, 5.74) is 4.04. The number of benzene rings is 2. The molecular formula is C33H30F3N7O. The number of ether oxygens (including phenoxy) is 1. The van der Waals surface area contributed by atoms with E-state index in [2.05, 4.69) is 38.6 Å². The van der Waals surface area contributed by atoms with Crippen molar-refractivity contribution in [3.63, 3.8) is 0 Å². The summed E-state index contributed by atoms with van der Waals surface area (Å²) in [7, 11) is 1.58. The lowest BCUT2D eigenvalue weighted by Gasteiger charge is -2.18. The highest BCUT2D eigenvalue weighted by molar-refractivity contribution is 6.06. The fraction of sp³-hybridized carbons (Fsp3) is 0.303. The van der Waals surface area contributed by atoms with Gasteiger partial charge < -0.3 is 13.9 Å². The van der Waals surface area contributed by atoms with Crippen molar-refractivity contribution in [1.82, 2.24) is 34.1 Å². The van der Waals surface area contributed by atoms with Crippen LogP contribution in [0.2, 0.25) is 0 Å². The molecular weight excluding hydrogens is 567 g/mol. The molecule has 0 bridgehead atoms. The number of hydrogen-bond acceptors (Lipinski definition) is 6. The van der Waals surface area contributed by atoms with Gasteiger partial charge in [0.2, 0.25) is 5.88 Å². The van der Waals surface area contributed by atoms with Crippen LogP contribution >= 0.6 is 0 Å². The maximum absolute atomic E-state index is 13.5. The van der Waals surface area contributed by atoms with E-state index < -0.39 is 11.9 Å². The third-order valence-corrected chi connectivity index (χ3v) is 8.29. The van der Waals surface area contributed by atoms with Gasteiger partial charge in [0.05, 0.1) is 24.4 Å². The Hall–Kier alpha value is -4.80. The zero-order valence-electron chi connectivity index (χ0n) is 24.7. The highest BCUT2D eigenvalue weighted by atomic mass is 19.4. The number of nitrogens with zero attached hydrogens (tertiary/aromatic N) is 7. The quantitative estimate of drug-likeness (QED) is 0.185. The van der Waals surface area contributed by atoms with E-state index >= 15 is 0 Å². The molecule has 0 N–H and O–H groups in total. The predicted octanol–water partition coefficient (Wildman–Crippen LogP) is 8.00. The second-order valence-electron chi connectivity index (χ2n) is 11.5. The normalized spacial score (nSPS) is 14.5. The number of methoxy groups -OCH3 is 1. The molecule has 11 heteroatoms. The van der Waals surface area contributed by atoms with Crippen LogP contribution in [0.3, 0.4) is 0 Å². The van der Waals surface area contributed by atoms with Crippen LogP contribution in [0.1, 0.15) is 68.6 Å². The number of imidazole rings is 1. The smallest absolute Gasteiger partial charge is 0.434 e. The van der Waals surface area contributed by atoms with Crippen molar-refractivity contribution in [3.8, 4) is 28.7 Å². The average Bonchev–Trinajstić information content (AvgIpc) is 3.67. The van der Waals surface area contributed by atoms with E-state index in [1.807, 2.05) is 56.4 Å². The highest BCUT2D eigenvalue weighted by Crippen LogP contribution is 2.45. The van der Waals surface area contributed by atoms with Crippen molar-refractivity contribution in [2.24, 2.45) is 0 Å². The van der Waals surface area contributed by atoms with Gasteiger partial charge in [-0.15, -0.1) is 0 Å². The molecule has 0 saturated heterocycles.